The lowest BCUT2D eigenvalue weighted by Crippen LogP contribution is -2.12. The second kappa shape index (κ2) is 5.77. The van der Waals surface area contributed by atoms with E-state index in [-0.39, 0.29) is 28.7 Å². The molecule has 0 aliphatic heterocycles. The number of imidazole rings is 1. The average molecular weight is 349 g/mol. The van der Waals surface area contributed by atoms with Gasteiger partial charge in [0.1, 0.15) is 5.82 Å². The highest BCUT2D eigenvalue weighted by Gasteiger charge is 2.15. The van der Waals surface area contributed by atoms with Gasteiger partial charge in [-0.15, -0.1) is 10.2 Å². The van der Waals surface area contributed by atoms with E-state index < -0.39 is 10.5 Å². The van der Waals surface area contributed by atoms with Gasteiger partial charge in [-0.1, -0.05) is 24.3 Å². The van der Waals surface area contributed by atoms with E-state index >= 15 is 0 Å². The molecule has 0 saturated heterocycles. The Morgan fingerprint density at radius 3 is 2.65 bits per heavy atom. The summed E-state index contributed by atoms with van der Waals surface area (Å²) in [6.07, 6.45) is 0. The summed E-state index contributed by atoms with van der Waals surface area (Å²) in [4.78, 5) is 29.7. The Bertz CT molecular complexity index is 1260. The van der Waals surface area contributed by atoms with E-state index in [0.29, 0.717) is 11.0 Å². The molecule has 4 aromatic rings. The molecule has 0 unspecified atom stereocenters. The molecule has 3 N–H and O–H groups in total. The van der Waals surface area contributed by atoms with Crippen molar-refractivity contribution in [2.45, 2.75) is 0 Å². The summed E-state index contributed by atoms with van der Waals surface area (Å²) in [7, 11) is 0. The highest BCUT2D eigenvalue weighted by atomic mass is 16.6. The molecule has 2 aromatic carbocycles. The van der Waals surface area contributed by atoms with Gasteiger partial charge in [0.2, 0.25) is 5.78 Å². The second-order valence-electron chi connectivity index (χ2n) is 5.39. The number of benzene rings is 2. The van der Waals surface area contributed by atoms with E-state index in [4.69, 9.17) is 5.73 Å². The second-order valence-corrected chi connectivity index (χ2v) is 5.39. The molecular formula is C16H11N7O3. The Labute approximate surface area is 144 Å². The van der Waals surface area contributed by atoms with Crippen LogP contribution in [0.3, 0.4) is 0 Å². The topological polar surface area (TPSA) is 144 Å². The number of nitro groups is 1. The van der Waals surface area contributed by atoms with Gasteiger partial charge in [-0.2, -0.15) is 0 Å². The Balaban J connectivity index is 1.91. The normalized spacial score (nSPS) is 11.5. The molecule has 4 rings (SSSR count). The highest BCUT2D eigenvalue weighted by molar-refractivity contribution is 5.82. The van der Waals surface area contributed by atoms with Crippen LogP contribution in [0.25, 0.3) is 16.8 Å². The number of rotatable bonds is 3. The number of nitrogen functional groups attached to an aromatic ring is 1. The molecule has 2 aromatic heterocycles. The van der Waals surface area contributed by atoms with Crippen molar-refractivity contribution in [1.29, 1.82) is 0 Å². The fourth-order valence-electron chi connectivity index (χ4n) is 2.64. The summed E-state index contributed by atoms with van der Waals surface area (Å²) >= 11 is 0. The van der Waals surface area contributed by atoms with Crippen molar-refractivity contribution >= 4 is 39.7 Å². The zero-order valence-corrected chi connectivity index (χ0v) is 13.2. The van der Waals surface area contributed by atoms with Crippen molar-refractivity contribution < 1.29 is 4.92 Å². The molecular weight excluding hydrogens is 338 g/mol. The summed E-state index contributed by atoms with van der Waals surface area (Å²) in [5, 5.41) is 18.8. The van der Waals surface area contributed by atoms with E-state index in [1.54, 1.807) is 22.6 Å². The maximum Gasteiger partial charge on any atom is 0.296 e. The third kappa shape index (κ3) is 2.36. The number of nitro benzene ring substituents is 1. The van der Waals surface area contributed by atoms with Crippen molar-refractivity contribution in [2.24, 2.45) is 10.2 Å². The van der Waals surface area contributed by atoms with Gasteiger partial charge in [0.15, 0.2) is 11.4 Å². The minimum atomic E-state index is -0.590. The maximum absolute atomic E-state index is 12.3. The Morgan fingerprint density at radius 1 is 1.12 bits per heavy atom. The molecule has 0 amide bonds. The van der Waals surface area contributed by atoms with E-state index in [9.17, 15) is 14.9 Å². The third-order valence-corrected chi connectivity index (χ3v) is 3.82. The SMILES string of the molecule is Nc1c(N=Nc2ccccc2[N+](=O)[O-])c(=O)[nH]c2nc3ccccc3n12. The van der Waals surface area contributed by atoms with Crippen LogP contribution in [-0.4, -0.2) is 19.3 Å². The molecule has 10 heteroatoms. The highest BCUT2D eigenvalue weighted by Crippen LogP contribution is 2.29. The number of aromatic nitrogens is 3. The van der Waals surface area contributed by atoms with Gasteiger partial charge < -0.3 is 5.73 Å². The third-order valence-electron chi connectivity index (χ3n) is 3.82. The Kier molecular flexibility index (Phi) is 3.43. The molecule has 26 heavy (non-hydrogen) atoms. The van der Waals surface area contributed by atoms with Crippen LogP contribution in [0, 0.1) is 10.1 Å². The fraction of sp³-hybridized carbons (Fsp3) is 0. The van der Waals surface area contributed by atoms with Crippen LogP contribution in [0.5, 0.6) is 0 Å². The molecule has 0 saturated carbocycles. The van der Waals surface area contributed by atoms with Crippen LogP contribution in [-0.2, 0) is 0 Å². The van der Waals surface area contributed by atoms with Crippen molar-refractivity contribution in [3.8, 4) is 0 Å². The number of azo groups is 1. The van der Waals surface area contributed by atoms with Crippen molar-refractivity contribution in [2.75, 3.05) is 5.73 Å². The molecule has 0 fully saturated rings. The van der Waals surface area contributed by atoms with Gasteiger partial charge >= 0.3 is 0 Å². The lowest BCUT2D eigenvalue weighted by atomic mass is 10.3. The largest absolute Gasteiger partial charge is 0.383 e. The molecule has 0 aliphatic rings. The minimum absolute atomic E-state index is 0.0203. The zero-order valence-electron chi connectivity index (χ0n) is 13.2. The van der Waals surface area contributed by atoms with Crippen LogP contribution in [0.2, 0.25) is 0 Å². The molecule has 0 bridgehead atoms. The smallest absolute Gasteiger partial charge is 0.296 e. The van der Waals surface area contributed by atoms with Gasteiger partial charge in [-0.25, -0.2) is 4.98 Å². The first-order valence-corrected chi connectivity index (χ1v) is 7.50. The Hall–Kier alpha value is -4.08. The monoisotopic (exact) mass is 349 g/mol. The number of anilines is 1. The maximum atomic E-state index is 12.3. The number of fused-ring (bicyclic) bond motifs is 3. The van der Waals surface area contributed by atoms with Crippen LogP contribution in [0.15, 0.2) is 63.6 Å². The fourth-order valence-corrected chi connectivity index (χ4v) is 2.64. The first-order chi connectivity index (χ1) is 12.6. The number of nitrogens with one attached hydrogen (secondary N) is 1. The lowest BCUT2D eigenvalue weighted by Gasteiger charge is -2.03. The van der Waals surface area contributed by atoms with Gasteiger partial charge in [-0.3, -0.25) is 24.3 Å². The molecule has 10 nitrogen and oxygen atoms in total. The van der Waals surface area contributed by atoms with Crippen LogP contribution >= 0.6 is 0 Å². The number of hydrogen-bond acceptors (Lipinski definition) is 7. The Morgan fingerprint density at radius 2 is 1.85 bits per heavy atom. The summed E-state index contributed by atoms with van der Waals surface area (Å²) in [5.74, 6) is 0.318. The first kappa shape index (κ1) is 15.4. The summed E-state index contributed by atoms with van der Waals surface area (Å²) in [6, 6.07) is 13.0. The number of aromatic amines is 1. The number of hydrogen-bond donors (Lipinski definition) is 2. The zero-order chi connectivity index (χ0) is 18.3. The summed E-state index contributed by atoms with van der Waals surface area (Å²) < 4.78 is 1.55. The van der Waals surface area contributed by atoms with Gasteiger partial charge in [0.25, 0.3) is 11.2 Å². The predicted octanol–water partition coefficient (Wildman–Crippen LogP) is 3.08. The number of H-pyrrole nitrogens is 1. The molecule has 0 spiro atoms. The van der Waals surface area contributed by atoms with E-state index in [1.807, 2.05) is 12.1 Å². The lowest BCUT2D eigenvalue weighted by molar-refractivity contribution is -0.384. The van der Waals surface area contributed by atoms with E-state index in [2.05, 4.69) is 20.2 Å². The standard InChI is InChI=1S/C16H11N7O3/c17-14-13(21-20-10-6-2-4-8-12(10)23(25)26)15(24)19-16-18-9-5-1-3-7-11(9)22(14)16/h1-8H,17H2,(H,18,19,24). The number of para-hydroxylation sites is 3. The summed E-state index contributed by atoms with van der Waals surface area (Å²) in [6.45, 7) is 0. The first-order valence-electron chi connectivity index (χ1n) is 7.50. The number of nitrogens with two attached hydrogens (primary N) is 1. The van der Waals surface area contributed by atoms with Gasteiger partial charge in [-0.05, 0) is 18.2 Å². The predicted molar refractivity (Wildman–Crippen MR) is 95.0 cm³/mol. The quantitative estimate of drug-likeness (QED) is 0.332. The van der Waals surface area contributed by atoms with E-state index in [1.165, 1.54) is 18.2 Å². The number of nitrogens with zero attached hydrogens (tertiary/aromatic N) is 5. The summed E-state index contributed by atoms with van der Waals surface area (Å²) in [5.41, 5.74) is 6.51. The van der Waals surface area contributed by atoms with Crippen molar-refractivity contribution in [1.82, 2.24) is 14.4 Å². The van der Waals surface area contributed by atoms with Crippen LogP contribution in [0.1, 0.15) is 0 Å². The van der Waals surface area contributed by atoms with Crippen LogP contribution in [0.4, 0.5) is 22.9 Å². The average Bonchev–Trinajstić information content (AvgIpc) is 2.99. The molecule has 128 valence electrons. The van der Waals surface area contributed by atoms with Crippen LogP contribution < -0.4 is 11.3 Å². The van der Waals surface area contributed by atoms with Crippen molar-refractivity contribution in [3.05, 3.63) is 69.0 Å². The minimum Gasteiger partial charge on any atom is -0.383 e. The van der Waals surface area contributed by atoms with Gasteiger partial charge in [0, 0.05) is 6.07 Å². The van der Waals surface area contributed by atoms with E-state index in [0.717, 1.165) is 0 Å². The molecule has 2 heterocycles. The van der Waals surface area contributed by atoms with Gasteiger partial charge in [0.05, 0.1) is 16.0 Å². The van der Waals surface area contributed by atoms with Crippen molar-refractivity contribution in [3.63, 3.8) is 0 Å². The molecule has 0 atom stereocenters. The molecule has 0 aliphatic carbocycles. The molecule has 0 radical (unpaired) electrons.